The molecule has 2 rings (SSSR count). The summed E-state index contributed by atoms with van der Waals surface area (Å²) in [6, 6.07) is 5.86. The van der Waals surface area contributed by atoms with Gasteiger partial charge in [-0.2, -0.15) is 0 Å². The Morgan fingerprint density at radius 2 is 1.65 bits per heavy atom. The number of likely N-dealkylation sites (tertiary alicyclic amines) is 1. The summed E-state index contributed by atoms with van der Waals surface area (Å²) in [4.78, 5) is 13.4. The number of nitrogens with one attached hydrogen (secondary N) is 1. The number of ketones is 1. The predicted molar refractivity (Wildman–Crippen MR) is 64.8 cm³/mol. The van der Waals surface area contributed by atoms with Crippen molar-refractivity contribution in [3.63, 3.8) is 0 Å². The molecular formula is C14H19FNO+. The maximum absolute atomic E-state index is 12.7. The molecule has 1 N–H and O–H groups in total. The monoisotopic (exact) mass is 236 g/mol. The fraction of sp³-hybridized carbons (Fsp3) is 0.500. The van der Waals surface area contributed by atoms with Gasteiger partial charge in [0.1, 0.15) is 12.4 Å². The number of hydrogen-bond acceptors (Lipinski definition) is 1. The maximum atomic E-state index is 12.7. The van der Waals surface area contributed by atoms with Crippen molar-refractivity contribution in [3.05, 3.63) is 35.6 Å². The fourth-order valence-corrected chi connectivity index (χ4v) is 2.37. The Bertz CT molecular complexity index is 366. The zero-order valence-corrected chi connectivity index (χ0v) is 10.0. The smallest absolute Gasteiger partial charge is 0.216 e. The van der Waals surface area contributed by atoms with E-state index in [2.05, 4.69) is 0 Å². The molecule has 0 amide bonds. The van der Waals surface area contributed by atoms with Crippen molar-refractivity contribution in [2.45, 2.75) is 25.7 Å². The Hall–Kier alpha value is -1.22. The van der Waals surface area contributed by atoms with Gasteiger partial charge < -0.3 is 4.90 Å². The molecule has 2 nitrogen and oxygen atoms in total. The van der Waals surface area contributed by atoms with E-state index in [1.165, 1.54) is 42.7 Å². The summed E-state index contributed by atoms with van der Waals surface area (Å²) in [5.74, 6) is -0.162. The molecule has 92 valence electrons. The average Bonchev–Trinajstić information content (AvgIpc) is 2.58. The van der Waals surface area contributed by atoms with Crippen LogP contribution in [0.1, 0.15) is 36.0 Å². The quantitative estimate of drug-likeness (QED) is 0.788. The largest absolute Gasteiger partial charge is 0.328 e. The van der Waals surface area contributed by atoms with E-state index in [9.17, 15) is 9.18 Å². The van der Waals surface area contributed by atoms with Gasteiger partial charge in [0, 0.05) is 5.56 Å². The van der Waals surface area contributed by atoms with Crippen molar-refractivity contribution in [2.75, 3.05) is 19.6 Å². The molecule has 1 saturated heterocycles. The number of Topliss-reactive ketones (excluding diaryl/α,β-unsaturated/α-hetero) is 1. The number of carbonyl (C=O) groups excluding carboxylic acids is 1. The van der Waals surface area contributed by atoms with Crippen LogP contribution in [0, 0.1) is 5.82 Å². The topological polar surface area (TPSA) is 21.5 Å². The summed E-state index contributed by atoms with van der Waals surface area (Å²) >= 11 is 0. The Morgan fingerprint density at radius 1 is 1.06 bits per heavy atom. The molecule has 3 heteroatoms. The van der Waals surface area contributed by atoms with Crippen LogP contribution in [0.15, 0.2) is 24.3 Å². The minimum absolute atomic E-state index is 0.127. The van der Waals surface area contributed by atoms with Crippen molar-refractivity contribution < 1.29 is 14.1 Å². The summed E-state index contributed by atoms with van der Waals surface area (Å²) in [6.07, 6.45) is 5.00. The first-order valence-corrected chi connectivity index (χ1v) is 6.38. The van der Waals surface area contributed by atoms with E-state index < -0.39 is 0 Å². The van der Waals surface area contributed by atoms with Gasteiger partial charge in [0.2, 0.25) is 5.78 Å². The standard InChI is InChI=1S/C14H18FNO/c15-13-7-5-12(6-8-13)14(17)11-16-9-3-1-2-4-10-16/h5-8H,1-4,9-11H2/p+1. The van der Waals surface area contributed by atoms with Gasteiger partial charge in [0.15, 0.2) is 0 Å². The fourth-order valence-electron chi connectivity index (χ4n) is 2.37. The lowest BCUT2D eigenvalue weighted by molar-refractivity contribution is -0.890. The number of rotatable bonds is 3. The molecule has 1 aliphatic rings. The highest BCUT2D eigenvalue weighted by Gasteiger charge is 2.17. The molecule has 0 unspecified atom stereocenters. The molecule has 0 saturated carbocycles. The van der Waals surface area contributed by atoms with Crippen LogP contribution in [-0.2, 0) is 0 Å². The van der Waals surface area contributed by atoms with Gasteiger partial charge in [-0.1, -0.05) is 0 Å². The van der Waals surface area contributed by atoms with Crippen LogP contribution in [0.5, 0.6) is 0 Å². The molecule has 1 fully saturated rings. The third-order valence-corrected chi connectivity index (χ3v) is 3.39. The van der Waals surface area contributed by atoms with Gasteiger partial charge in [-0.3, -0.25) is 4.79 Å². The zero-order valence-electron chi connectivity index (χ0n) is 10.0. The van der Waals surface area contributed by atoms with Crippen molar-refractivity contribution in [1.82, 2.24) is 0 Å². The summed E-state index contributed by atoms with van der Waals surface area (Å²) in [5.41, 5.74) is 0.628. The predicted octanol–water partition coefficient (Wildman–Crippen LogP) is 1.47. The maximum Gasteiger partial charge on any atom is 0.216 e. The van der Waals surface area contributed by atoms with E-state index in [4.69, 9.17) is 0 Å². The highest BCUT2D eigenvalue weighted by atomic mass is 19.1. The van der Waals surface area contributed by atoms with Crippen LogP contribution >= 0.6 is 0 Å². The van der Waals surface area contributed by atoms with Crippen LogP contribution in [0.25, 0.3) is 0 Å². The van der Waals surface area contributed by atoms with Crippen LogP contribution < -0.4 is 4.90 Å². The first kappa shape index (κ1) is 12.2. The molecule has 17 heavy (non-hydrogen) atoms. The summed E-state index contributed by atoms with van der Waals surface area (Å²) < 4.78 is 12.7. The van der Waals surface area contributed by atoms with Crippen LogP contribution in [-0.4, -0.2) is 25.4 Å². The van der Waals surface area contributed by atoms with Crippen LogP contribution in [0.3, 0.4) is 0 Å². The minimum Gasteiger partial charge on any atom is -0.328 e. The first-order chi connectivity index (χ1) is 8.25. The summed E-state index contributed by atoms with van der Waals surface area (Å²) in [5, 5.41) is 0. The number of hydrogen-bond donors (Lipinski definition) is 1. The Kier molecular flexibility index (Phi) is 4.26. The molecule has 1 aromatic rings. The van der Waals surface area contributed by atoms with E-state index in [0.29, 0.717) is 12.1 Å². The highest BCUT2D eigenvalue weighted by Crippen LogP contribution is 2.03. The molecule has 0 atom stereocenters. The van der Waals surface area contributed by atoms with Crippen molar-refractivity contribution >= 4 is 5.78 Å². The second-order valence-corrected chi connectivity index (χ2v) is 4.77. The average molecular weight is 236 g/mol. The van der Waals surface area contributed by atoms with Gasteiger partial charge in [0.25, 0.3) is 0 Å². The van der Waals surface area contributed by atoms with E-state index >= 15 is 0 Å². The summed E-state index contributed by atoms with van der Waals surface area (Å²) in [6.45, 7) is 2.73. The molecule has 1 aromatic carbocycles. The molecule has 1 heterocycles. The molecule has 0 bridgehead atoms. The molecular weight excluding hydrogens is 217 g/mol. The zero-order chi connectivity index (χ0) is 12.1. The molecule has 0 aliphatic carbocycles. The second-order valence-electron chi connectivity index (χ2n) is 4.77. The van der Waals surface area contributed by atoms with Crippen molar-refractivity contribution in [2.24, 2.45) is 0 Å². The first-order valence-electron chi connectivity index (χ1n) is 6.38. The van der Waals surface area contributed by atoms with Gasteiger partial charge in [-0.05, 0) is 49.9 Å². The third-order valence-electron chi connectivity index (χ3n) is 3.39. The Morgan fingerprint density at radius 3 is 2.24 bits per heavy atom. The van der Waals surface area contributed by atoms with Crippen LogP contribution in [0.4, 0.5) is 4.39 Å². The highest BCUT2D eigenvalue weighted by molar-refractivity contribution is 5.96. The lowest BCUT2D eigenvalue weighted by Crippen LogP contribution is -3.12. The van der Waals surface area contributed by atoms with Gasteiger partial charge in [0.05, 0.1) is 13.1 Å². The van der Waals surface area contributed by atoms with E-state index in [-0.39, 0.29) is 11.6 Å². The lowest BCUT2D eigenvalue weighted by Gasteiger charge is -2.15. The van der Waals surface area contributed by atoms with Crippen molar-refractivity contribution in [3.8, 4) is 0 Å². The number of halogens is 1. The Balaban J connectivity index is 1.93. The number of quaternary nitrogens is 1. The van der Waals surface area contributed by atoms with E-state index in [1.807, 2.05) is 0 Å². The normalized spacial score (nSPS) is 17.7. The minimum atomic E-state index is -0.288. The van der Waals surface area contributed by atoms with Gasteiger partial charge >= 0.3 is 0 Å². The molecule has 0 spiro atoms. The summed E-state index contributed by atoms with van der Waals surface area (Å²) in [7, 11) is 0. The van der Waals surface area contributed by atoms with Gasteiger partial charge in [-0.25, -0.2) is 4.39 Å². The lowest BCUT2D eigenvalue weighted by atomic mass is 10.1. The van der Waals surface area contributed by atoms with E-state index in [1.54, 1.807) is 12.1 Å². The second kappa shape index (κ2) is 5.92. The van der Waals surface area contributed by atoms with E-state index in [0.717, 1.165) is 13.1 Å². The molecule has 0 radical (unpaired) electrons. The van der Waals surface area contributed by atoms with Gasteiger partial charge in [-0.15, -0.1) is 0 Å². The molecule has 1 aliphatic heterocycles. The number of carbonyl (C=O) groups is 1. The number of benzene rings is 1. The Labute approximate surface area is 101 Å². The SMILES string of the molecule is O=C(C[NH+]1CCCCCC1)c1ccc(F)cc1. The van der Waals surface area contributed by atoms with Crippen LogP contribution in [0.2, 0.25) is 0 Å². The molecule has 0 aromatic heterocycles. The third kappa shape index (κ3) is 3.63. The van der Waals surface area contributed by atoms with Crippen molar-refractivity contribution in [1.29, 1.82) is 0 Å².